The van der Waals surface area contributed by atoms with Gasteiger partial charge in [0.1, 0.15) is 5.69 Å². The molecule has 110 valence electrons. The van der Waals surface area contributed by atoms with Crippen molar-refractivity contribution in [2.75, 3.05) is 0 Å². The van der Waals surface area contributed by atoms with Crippen molar-refractivity contribution in [3.63, 3.8) is 0 Å². The fourth-order valence-corrected chi connectivity index (χ4v) is 2.69. The van der Waals surface area contributed by atoms with Gasteiger partial charge in [-0.1, -0.05) is 11.6 Å². The standard InChI is InChI=1S/C13H9ClF3N3O/c14-8-4-6(13(15,16)17)5-18-10(8)11-19-9-3-1-2-7(9)12(21)20-11/h4-5,7H,1-3H2. The predicted octanol–water partition coefficient (Wildman–Crippen LogP) is 3.28. The van der Waals surface area contributed by atoms with Gasteiger partial charge >= 0.3 is 6.18 Å². The number of hydrogen-bond donors (Lipinski definition) is 0. The summed E-state index contributed by atoms with van der Waals surface area (Å²) in [6, 6.07) is 0.762. The van der Waals surface area contributed by atoms with Crippen LogP contribution >= 0.6 is 11.6 Å². The molecule has 1 aliphatic carbocycles. The molecular formula is C13H9ClF3N3O. The van der Waals surface area contributed by atoms with E-state index in [1.54, 1.807) is 0 Å². The first-order valence-corrected chi connectivity index (χ1v) is 6.67. The summed E-state index contributed by atoms with van der Waals surface area (Å²) in [6.45, 7) is 0. The number of aromatic nitrogens is 1. The lowest BCUT2D eigenvalue weighted by molar-refractivity contribution is -0.137. The second-order valence-corrected chi connectivity index (χ2v) is 5.28. The van der Waals surface area contributed by atoms with Crippen molar-refractivity contribution in [3.05, 3.63) is 28.5 Å². The lowest BCUT2D eigenvalue weighted by Crippen LogP contribution is -2.25. The number of amides is 1. The van der Waals surface area contributed by atoms with Gasteiger partial charge in [0.25, 0.3) is 5.91 Å². The molecule has 1 saturated carbocycles. The average Bonchev–Trinajstić information content (AvgIpc) is 2.86. The molecular weight excluding hydrogens is 307 g/mol. The monoisotopic (exact) mass is 315 g/mol. The van der Waals surface area contributed by atoms with Crippen LogP contribution in [0.4, 0.5) is 13.2 Å². The van der Waals surface area contributed by atoms with Gasteiger partial charge in [-0.2, -0.15) is 18.2 Å². The molecule has 2 heterocycles. The Labute approximate surface area is 122 Å². The quantitative estimate of drug-likeness (QED) is 0.798. The van der Waals surface area contributed by atoms with Crippen molar-refractivity contribution in [3.8, 4) is 0 Å². The van der Waals surface area contributed by atoms with Gasteiger partial charge in [0, 0.05) is 11.9 Å². The Balaban J connectivity index is 2.00. The molecule has 1 unspecified atom stereocenters. The fourth-order valence-electron chi connectivity index (χ4n) is 2.43. The number of amidine groups is 1. The summed E-state index contributed by atoms with van der Waals surface area (Å²) in [6.07, 6.45) is -1.61. The first-order chi connectivity index (χ1) is 9.86. The third kappa shape index (κ3) is 2.57. The van der Waals surface area contributed by atoms with Crippen molar-refractivity contribution in [1.82, 2.24) is 4.98 Å². The molecule has 1 aromatic heterocycles. The van der Waals surface area contributed by atoms with Gasteiger partial charge in [0.05, 0.1) is 16.5 Å². The fraction of sp³-hybridized carbons (Fsp3) is 0.385. The SMILES string of the molecule is O=C1N=C(c2ncc(C(F)(F)F)cc2Cl)N=C2CCCC12. The Morgan fingerprint density at radius 3 is 2.71 bits per heavy atom. The maximum atomic E-state index is 12.6. The van der Waals surface area contributed by atoms with Crippen molar-refractivity contribution in [2.24, 2.45) is 15.9 Å². The second-order valence-electron chi connectivity index (χ2n) is 4.87. The molecule has 0 saturated heterocycles. The highest BCUT2D eigenvalue weighted by molar-refractivity contribution is 6.35. The van der Waals surface area contributed by atoms with Gasteiger partial charge in [0.15, 0.2) is 5.84 Å². The number of aliphatic imine (C=N–C) groups is 2. The third-order valence-electron chi connectivity index (χ3n) is 3.47. The highest BCUT2D eigenvalue weighted by Crippen LogP contribution is 2.32. The number of carbonyl (C=O) groups excluding carboxylic acids is 1. The second kappa shape index (κ2) is 4.91. The maximum absolute atomic E-state index is 12.6. The Hall–Kier alpha value is -1.76. The van der Waals surface area contributed by atoms with Crippen molar-refractivity contribution in [1.29, 1.82) is 0 Å². The van der Waals surface area contributed by atoms with E-state index in [0.717, 1.165) is 12.5 Å². The zero-order valence-corrected chi connectivity index (χ0v) is 11.4. The van der Waals surface area contributed by atoms with E-state index < -0.39 is 11.7 Å². The lowest BCUT2D eigenvalue weighted by Gasteiger charge is -2.14. The molecule has 3 rings (SSSR count). The summed E-state index contributed by atoms with van der Waals surface area (Å²) in [5.41, 5.74) is -0.246. The van der Waals surface area contributed by atoms with E-state index in [1.165, 1.54) is 0 Å². The van der Waals surface area contributed by atoms with E-state index in [1.807, 2.05) is 0 Å². The minimum atomic E-state index is -4.53. The minimum Gasteiger partial charge on any atom is -0.272 e. The summed E-state index contributed by atoms with van der Waals surface area (Å²) in [5, 5.41) is -0.225. The van der Waals surface area contributed by atoms with Crippen LogP contribution in [0.25, 0.3) is 0 Å². The van der Waals surface area contributed by atoms with Gasteiger partial charge in [-0.05, 0) is 25.3 Å². The first kappa shape index (κ1) is 14.2. The summed E-state index contributed by atoms with van der Waals surface area (Å²) >= 11 is 5.84. The summed E-state index contributed by atoms with van der Waals surface area (Å²) in [5.74, 6) is -0.626. The van der Waals surface area contributed by atoms with Crippen LogP contribution in [0.3, 0.4) is 0 Å². The van der Waals surface area contributed by atoms with Crippen LogP contribution < -0.4 is 0 Å². The molecule has 1 aliphatic heterocycles. The molecule has 0 aromatic carbocycles. The van der Waals surface area contributed by atoms with Crippen LogP contribution in [0, 0.1) is 5.92 Å². The largest absolute Gasteiger partial charge is 0.417 e. The Morgan fingerprint density at radius 2 is 2.05 bits per heavy atom. The Morgan fingerprint density at radius 1 is 1.29 bits per heavy atom. The molecule has 8 heteroatoms. The summed E-state index contributed by atoms with van der Waals surface area (Å²) in [7, 11) is 0. The number of hydrogen-bond acceptors (Lipinski definition) is 3. The third-order valence-corrected chi connectivity index (χ3v) is 3.76. The van der Waals surface area contributed by atoms with Gasteiger partial charge in [-0.15, -0.1) is 0 Å². The number of halogens is 4. The van der Waals surface area contributed by atoms with E-state index >= 15 is 0 Å². The Kier molecular flexibility index (Phi) is 3.32. The molecule has 2 aliphatic rings. The topological polar surface area (TPSA) is 54.7 Å². The smallest absolute Gasteiger partial charge is 0.272 e. The minimum absolute atomic E-state index is 0.00383. The molecule has 0 bridgehead atoms. The first-order valence-electron chi connectivity index (χ1n) is 6.29. The van der Waals surface area contributed by atoms with Gasteiger partial charge in [-0.25, -0.2) is 4.99 Å². The zero-order chi connectivity index (χ0) is 15.2. The molecule has 4 nitrogen and oxygen atoms in total. The average molecular weight is 316 g/mol. The molecule has 21 heavy (non-hydrogen) atoms. The van der Waals surface area contributed by atoms with Crippen LogP contribution in [0.1, 0.15) is 30.5 Å². The lowest BCUT2D eigenvalue weighted by atomic mass is 10.0. The van der Waals surface area contributed by atoms with E-state index in [9.17, 15) is 18.0 Å². The van der Waals surface area contributed by atoms with Crippen molar-refractivity contribution >= 4 is 29.1 Å². The predicted molar refractivity (Wildman–Crippen MR) is 70.6 cm³/mol. The van der Waals surface area contributed by atoms with E-state index in [4.69, 9.17) is 11.6 Å². The zero-order valence-electron chi connectivity index (χ0n) is 10.6. The van der Waals surface area contributed by atoms with E-state index in [0.29, 0.717) is 24.8 Å². The maximum Gasteiger partial charge on any atom is 0.417 e. The molecule has 1 fully saturated rings. The molecule has 0 spiro atoms. The number of pyridine rings is 1. The van der Waals surface area contributed by atoms with Crippen molar-refractivity contribution in [2.45, 2.75) is 25.4 Å². The normalized spacial score (nSPS) is 21.9. The molecule has 1 atom stereocenters. The summed E-state index contributed by atoms with van der Waals surface area (Å²) in [4.78, 5) is 23.6. The van der Waals surface area contributed by atoms with Crippen LogP contribution in [0.5, 0.6) is 0 Å². The number of nitrogens with zero attached hydrogens (tertiary/aromatic N) is 3. The highest BCUT2D eigenvalue weighted by Gasteiger charge is 2.35. The molecule has 0 radical (unpaired) electrons. The number of fused-ring (bicyclic) bond motifs is 1. The highest BCUT2D eigenvalue weighted by atomic mass is 35.5. The van der Waals surface area contributed by atoms with E-state index in [2.05, 4.69) is 15.0 Å². The number of rotatable bonds is 1. The van der Waals surface area contributed by atoms with Crippen molar-refractivity contribution < 1.29 is 18.0 Å². The van der Waals surface area contributed by atoms with Crippen LogP contribution in [-0.4, -0.2) is 22.4 Å². The molecule has 1 aromatic rings. The Bertz CT molecular complexity index is 682. The molecule has 0 N–H and O–H groups in total. The van der Waals surface area contributed by atoms with Gasteiger partial charge < -0.3 is 0 Å². The van der Waals surface area contributed by atoms with Crippen LogP contribution in [0.15, 0.2) is 22.2 Å². The number of alkyl halides is 3. The van der Waals surface area contributed by atoms with Crippen LogP contribution in [-0.2, 0) is 11.0 Å². The van der Waals surface area contributed by atoms with Gasteiger partial charge in [-0.3, -0.25) is 9.78 Å². The van der Waals surface area contributed by atoms with Crippen LogP contribution in [0.2, 0.25) is 5.02 Å². The van der Waals surface area contributed by atoms with Gasteiger partial charge in [0.2, 0.25) is 0 Å². The number of carbonyl (C=O) groups is 1. The molecule has 1 amide bonds. The van der Waals surface area contributed by atoms with E-state index in [-0.39, 0.29) is 28.4 Å². The summed E-state index contributed by atoms with van der Waals surface area (Å²) < 4.78 is 37.7.